The van der Waals surface area contributed by atoms with Gasteiger partial charge in [-0.25, -0.2) is 15.0 Å². The molecule has 0 radical (unpaired) electrons. The van der Waals surface area contributed by atoms with Gasteiger partial charge in [-0.05, 0) is 38.3 Å². The van der Waals surface area contributed by atoms with Crippen LogP contribution in [0.15, 0.2) is 18.7 Å². The van der Waals surface area contributed by atoms with Crippen molar-refractivity contribution in [1.29, 1.82) is 0 Å². The Balaban J connectivity index is 1.72. The van der Waals surface area contributed by atoms with E-state index in [0.29, 0.717) is 22.0 Å². The molecule has 0 amide bonds. The first-order valence-electron chi connectivity index (χ1n) is 9.70. The van der Waals surface area contributed by atoms with Crippen LogP contribution in [0, 0.1) is 6.92 Å². The molecule has 8 nitrogen and oxygen atoms in total. The molecule has 3 heterocycles. The van der Waals surface area contributed by atoms with E-state index in [0.717, 1.165) is 48.5 Å². The normalized spacial score (nSPS) is 16.2. The van der Waals surface area contributed by atoms with Crippen molar-refractivity contribution < 1.29 is 9.84 Å². The molecule has 1 aliphatic rings. The monoisotopic (exact) mass is 416 g/mol. The number of aromatic amines is 1. The van der Waals surface area contributed by atoms with Crippen LogP contribution in [0.5, 0.6) is 5.75 Å². The van der Waals surface area contributed by atoms with Crippen LogP contribution in [-0.2, 0) is 0 Å². The lowest BCUT2D eigenvalue weighted by molar-refractivity contribution is 0.145. The smallest absolute Gasteiger partial charge is 0.162 e. The quantitative estimate of drug-likeness (QED) is 0.585. The van der Waals surface area contributed by atoms with Crippen molar-refractivity contribution in [3.05, 3.63) is 34.9 Å². The molecular weight excluding hydrogens is 392 g/mol. The predicted octanol–water partition coefficient (Wildman–Crippen LogP) is 3.46. The fourth-order valence-electron chi connectivity index (χ4n) is 3.89. The molecule has 0 bridgehead atoms. The van der Waals surface area contributed by atoms with E-state index in [1.54, 1.807) is 13.4 Å². The van der Waals surface area contributed by atoms with E-state index in [1.165, 1.54) is 6.33 Å². The molecule has 3 N–H and O–H groups in total. The number of hydrogen-bond donors (Lipinski definition) is 3. The lowest BCUT2D eigenvalue weighted by atomic mass is 9.99. The number of nitrogens with one attached hydrogen (secondary N) is 2. The van der Waals surface area contributed by atoms with Crippen molar-refractivity contribution in [3.8, 4) is 5.75 Å². The van der Waals surface area contributed by atoms with E-state index in [-0.39, 0.29) is 12.1 Å². The molecule has 2 aromatic heterocycles. The number of rotatable bonds is 5. The molecule has 1 unspecified atom stereocenters. The molecule has 0 spiro atoms. The SMILES string of the molecule is COc1c(C(C)Nc2ncnc3[nH]cnc23)cc(Cl)c(C)c1N1CCC(O)CC1. The van der Waals surface area contributed by atoms with Crippen molar-refractivity contribution in [2.24, 2.45) is 0 Å². The second kappa shape index (κ2) is 8.04. The van der Waals surface area contributed by atoms with E-state index in [9.17, 15) is 5.11 Å². The summed E-state index contributed by atoms with van der Waals surface area (Å²) in [6, 6.07) is 1.81. The predicted molar refractivity (Wildman–Crippen MR) is 114 cm³/mol. The first kappa shape index (κ1) is 19.7. The molecular formula is C20H25ClN6O2. The summed E-state index contributed by atoms with van der Waals surface area (Å²) in [4.78, 5) is 18.1. The Labute approximate surface area is 174 Å². The molecule has 0 aliphatic carbocycles. The lowest BCUT2D eigenvalue weighted by Crippen LogP contribution is -2.36. The molecule has 29 heavy (non-hydrogen) atoms. The average Bonchev–Trinajstić information content (AvgIpc) is 3.20. The summed E-state index contributed by atoms with van der Waals surface area (Å²) < 4.78 is 5.87. The second-order valence-corrected chi connectivity index (χ2v) is 7.77. The highest BCUT2D eigenvalue weighted by atomic mass is 35.5. The van der Waals surface area contributed by atoms with Gasteiger partial charge in [0.2, 0.25) is 0 Å². The molecule has 0 saturated carbocycles. The van der Waals surface area contributed by atoms with Gasteiger partial charge in [0.25, 0.3) is 0 Å². The van der Waals surface area contributed by atoms with E-state index < -0.39 is 0 Å². The zero-order valence-corrected chi connectivity index (χ0v) is 17.5. The Hall–Kier alpha value is -2.58. The number of imidazole rings is 1. The highest BCUT2D eigenvalue weighted by Gasteiger charge is 2.26. The number of halogens is 1. The van der Waals surface area contributed by atoms with Gasteiger partial charge in [0, 0.05) is 23.7 Å². The van der Waals surface area contributed by atoms with Crippen LogP contribution in [-0.4, -0.2) is 51.3 Å². The van der Waals surface area contributed by atoms with Crippen LogP contribution in [0.4, 0.5) is 11.5 Å². The molecule has 1 saturated heterocycles. The van der Waals surface area contributed by atoms with E-state index >= 15 is 0 Å². The maximum Gasteiger partial charge on any atom is 0.162 e. The van der Waals surface area contributed by atoms with Gasteiger partial charge in [0.15, 0.2) is 11.5 Å². The number of benzene rings is 1. The first-order valence-corrected chi connectivity index (χ1v) is 10.1. The van der Waals surface area contributed by atoms with E-state index in [4.69, 9.17) is 16.3 Å². The maximum absolute atomic E-state index is 9.89. The molecule has 1 fully saturated rings. The number of hydrogen-bond acceptors (Lipinski definition) is 7. The van der Waals surface area contributed by atoms with Crippen molar-refractivity contribution in [1.82, 2.24) is 19.9 Å². The number of ether oxygens (including phenoxy) is 1. The topological polar surface area (TPSA) is 99.2 Å². The largest absolute Gasteiger partial charge is 0.494 e. The number of aliphatic hydroxyl groups excluding tert-OH is 1. The number of fused-ring (bicyclic) bond motifs is 1. The zero-order valence-electron chi connectivity index (χ0n) is 16.7. The third-order valence-corrected chi connectivity index (χ3v) is 5.89. The summed E-state index contributed by atoms with van der Waals surface area (Å²) in [7, 11) is 1.68. The minimum atomic E-state index is -0.245. The van der Waals surface area contributed by atoms with Crippen molar-refractivity contribution in [2.75, 3.05) is 30.4 Å². The molecule has 1 atom stereocenters. The first-order chi connectivity index (χ1) is 14.0. The molecule has 1 aromatic carbocycles. The summed E-state index contributed by atoms with van der Waals surface area (Å²) in [5.74, 6) is 1.43. The molecule has 3 aromatic rings. The summed E-state index contributed by atoms with van der Waals surface area (Å²) in [6.45, 7) is 5.57. The maximum atomic E-state index is 9.89. The molecule has 1 aliphatic heterocycles. The third kappa shape index (κ3) is 3.70. The minimum absolute atomic E-state index is 0.132. The Kier molecular flexibility index (Phi) is 5.47. The third-order valence-electron chi connectivity index (χ3n) is 5.49. The Bertz CT molecular complexity index is 1020. The van der Waals surface area contributed by atoms with Gasteiger partial charge in [0.05, 0.1) is 31.3 Å². The van der Waals surface area contributed by atoms with Gasteiger partial charge in [-0.1, -0.05) is 11.6 Å². The standard InChI is InChI=1S/C20H25ClN6O2/c1-11-15(21)8-14(18(29-3)17(11)27-6-4-13(28)5-7-27)12(2)26-20-16-19(23-9-22-16)24-10-25-20/h8-10,12-13,28H,4-7H2,1-3H3,(H2,22,23,24,25,26). The average molecular weight is 417 g/mol. The van der Waals surface area contributed by atoms with Crippen LogP contribution in [0.1, 0.15) is 36.9 Å². The van der Waals surface area contributed by atoms with Gasteiger partial charge in [-0.15, -0.1) is 0 Å². The number of piperidine rings is 1. The van der Waals surface area contributed by atoms with Crippen molar-refractivity contribution >= 4 is 34.3 Å². The Morgan fingerprint density at radius 2 is 2.07 bits per heavy atom. The lowest BCUT2D eigenvalue weighted by Gasteiger charge is -2.35. The van der Waals surface area contributed by atoms with Gasteiger partial charge >= 0.3 is 0 Å². The fourth-order valence-corrected chi connectivity index (χ4v) is 4.10. The molecule has 154 valence electrons. The number of aromatic nitrogens is 4. The van der Waals surface area contributed by atoms with Crippen LogP contribution >= 0.6 is 11.6 Å². The number of methoxy groups -OCH3 is 1. The summed E-state index contributed by atoms with van der Waals surface area (Å²) in [5.41, 5.74) is 4.26. The number of anilines is 2. The van der Waals surface area contributed by atoms with Crippen LogP contribution < -0.4 is 15.0 Å². The zero-order chi connectivity index (χ0) is 20.5. The molecule has 9 heteroatoms. The number of H-pyrrole nitrogens is 1. The fraction of sp³-hybridized carbons (Fsp3) is 0.450. The van der Waals surface area contributed by atoms with Crippen LogP contribution in [0.3, 0.4) is 0 Å². The number of aliphatic hydroxyl groups is 1. The highest BCUT2D eigenvalue weighted by Crippen LogP contribution is 2.43. The van der Waals surface area contributed by atoms with Crippen molar-refractivity contribution in [3.63, 3.8) is 0 Å². The van der Waals surface area contributed by atoms with Crippen LogP contribution in [0.2, 0.25) is 5.02 Å². The summed E-state index contributed by atoms with van der Waals surface area (Å²) >= 11 is 6.62. The highest BCUT2D eigenvalue weighted by molar-refractivity contribution is 6.32. The Morgan fingerprint density at radius 3 is 2.79 bits per heavy atom. The van der Waals surface area contributed by atoms with Gasteiger partial charge in [0.1, 0.15) is 17.6 Å². The van der Waals surface area contributed by atoms with Crippen LogP contribution in [0.25, 0.3) is 11.2 Å². The van der Waals surface area contributed by atoms with E-state index in [2.05, 4.69) is 30.2 Å². The van der Waals surface area contributed by atoms with Gasteiger partial charge < -0.3 is 25.0 Å². The second-order valence-electron chi connectivity index (χ2n) is 7.36. The van der Waals surface area contributed by atoms with E-state index in [1.807, 2.05) is 19.9 Å². The summed E-state index contributed by atoms with van der Waals surface area (Å²) in [6.07, 6.45) is 4.32. The minimum Gasteiger partial charge on any atom is -0.494 e. The van der Waals surface area contributed by atoms with Gasteiger partial charge in [-0.2, -0.15) is 0 Å². The van der Waals surface area contributed by atoms with Crippen molar-refractivity contribution in [2.45, 2.75) is 38.8 Å². The van der Waals surface area contributed by atoms with Gasteiger partial charge in [-0.3, -0.25) is 0 Å². The number of nitrogens with zero attached hydrogens (tertiary/aromatic N) is 4. The molecule has 4 rings (SSSR count). The summed E-state index contributed by atoms with van der Waals surface area (Å²) in [5, 5.41) is 14.0. The Morgan fingerprint density at radius 1 is 1.31 bits per heavy atom.